The van der Waals surface area contributed by atoms with Crippen LogP contribution in [0.1, 0.15) is 15.9 Å². The first-order valence-corrected chi connectivity index (χ1v) is 6.82. The number of primary amides is 1. The highest BCUT2D eigenvalue weighted by Gasteiger charge is 2.06. The van der Waals surface area contributed by atoms with Crippen LogP contribution in [0.25, 0.3) is 10.9 Å². The maximum atomic E-state index is 11.2. The van der Waals surface area contributed by atoms with Crippen LogP contribution in [0.4, 0.5) is 5.69 Å². The molecule has 4 nitrogen and oxygen atoms in total. The summed E-state index contributed by atoms with van der Waals surface area (Å²) < 4.78 is 2.12. The maximum Gasteiger partial charge on any atom is 0.248 e. The molecule has 2 aromatic carbocycles. The molecular formula is C17H17N3O. The smallest absolute Gasteiger partial charge is 0.248 e. The van der Waals surface area contributed by atoms with E-state index in [0.29, 0.717) is 12.1 Å². The Kier molecular flexibility index (Phi) is 3.36. The van der Waals surface area contributed by atoms with Crippen LogP contribution in [-0.2, 0) is 13.6 Å². The third kappa shape index (κ3) is 2.60. The number of para-hydroxylation sites is 1. The number of benzene rings is 2. The molecule has 0 bridgehead atoms. The minimum Gasteiger partial charge on any atom is -0.381 e. The van der Waals surface area contributed by atoms with Gasteiger partial charge in [0.1, 0.15) is 0 Å². The van der Waals surface area contributed by atoms with Crippen molar-refractivity contribution in [2.24, 2.45) is 12.8 Å². The minimum atomic E-state index is -0.413. The van der Waals surface area contributed by atoms with Gasteiger partial charge in [0, 0.05) is 41.9 Å². The van der Waals surface area contributed by atoms with E-state index in [4.69, 9.17) is 5.73 Å². The number of amides is 1. The lowest BCUT2D eigenvalue weighted by molar-refractivity contribution is 0.100. The van der Waals surface area contributed by atoms with E-state index in [0.717, 1.165) is 5.69 Å². The van der Waals surface area contributed by atoms with Gasteiger partial charge in [-0.1, -0.05) is 24.3 Å². The fourth-order valence-corrected chi connectivity index (χ4v) is 2.55. The van der Waals surface area contributed by atoms with E-state index in [9.17, 15) is 4.79 Å². The molecule has 1 aromatic heterocycles. The van der Waals surface area contributed by atoms with Crippen molar-refractivity contribution in [1.29, 1.82) is 0 Å². The molecule has 4 heteroatoms. The van der Waals surface area contributed by atoms with Crippen molar-refractivity contribution in [3.05, 3.63) is 65.9 Å². The van der Waals surface area contributed by atoms with Crippen LogP contribution in [0.15, 0.2) is 54.7 Å². The highest BCUT2D eigenvalue weighted by molar-refractivity contribution is 5.93. The number of anilines is 1. The fraction of sp³-hybridized carbons (Fsp3) is 0.118. The Morgan fingerprint density at radius 2 is 2.00 bits per heavy atom. The second-order valence-electron chi connectivity index (χ2n) is 5.08. The number of nitrogens with one attached hydrogen (secondary N) is 1. The largest absolute Gasteiger partial charge is 0.381 e. The van der Waals surface area contributed by atoms with Crippen LogP contribution in [0.2, 0.25) is 0 Å². The van der Waals surface area contributed by atoms with E-state index in [-0.39, 0.29) is 0 Å². The van der Waals surface area contributed by atoms with Gasteiger partial charge in [0.15, 0.2) is 0 Å². The van der Waals surface area contributed by atoms with Crippen molar-refractivity contribution in [2.45, 2.75) is 6.54 Å². The van der Waals surface area contributed by atoms with Crippen LogP contribution in [0, 0.1) is 0 Å². The number of hydrogen-bond donors (Lipinski definition) is 2. The summed E-state index contributed by atoms with van der Waals surface area (Å²) in [6, 6.07) is 15.5. The molecule has 0 aliphatic rings. The Morgan fingerprint density at radius 3 is 2.81 bits per heavy atom. The van der Waals surface area contributed by atoms with Crippen molar-refractivity contribution < 1.29 is 4.79 Å². The molecule has 0 radical (unpaired) electrons. The zero-order chi connectivity index (χ0) is 14.8. The van der Waals surface area contributed by atoms with E-state index >= 15 is 0 Å². The number of carbonyl (C=O) groups excluding carboxylic acids is 1. The Hall–Kier alpha value is -2.75. The van der Waals surface area contributed by atoms with E-state index in [1.165, 1.54) is 16.5 Å². The average Bonchev–Trinajstić information content (AvgIpc) is 2.82. The van der Waals surface area contributed by atoms with Crippen molar-refractivity contribution in [1.82, 2.24) is 4.57 Å². The highest BCUT2D eigenvalue weighted by Crippen LogP contribution is 2.21. The topological polar surface area (TPSA) is 60.1 Å². The second-order valence-corrected chi connectivity index (χ2v) is 5.08. The lowest BCUT2D eigenvalue weighted by Crippen LogP contribution is -2.11. The van der Waals surface area contributed by atoms with Crippen molar-refractivity contribution in [3.8, 4) is 0 Å². The van der Waals surface area contributed by atoms with Crippen molar-refractivity contribution in [3.63, 3.8) is 0 Å². The summed E-state index contributed by atoms with van der Waals surface area (Å²) >= 11 is 0. The number of rotatable bonds is 4. The number of aryl methyl sites for hydroxylation is 1. The molecule has 3 N–H and O–H groups in total. The van der Waals surface area contributed by atoms with Crippen molar-refractivity contribution in [2.75, 3.05) is 5.32 Å². The molecule has 3 rings (SSSR count). The Balaban J connectivity index is 1.84. The van der Waals surface area contributed by atoms with Gasteiger partial charge in [-0.2, -0.15) is 0 Å². The predicted molar refractivity (Wildman–Crippen MR) is 85.2 cm³/mol. The van der Waals surface area contributed by atoms with E-state index in [1.54, 1.807) is 12.1 Å². The molecule has 21 heavy (non-hydrogen) atoms. The Labute approximate surface area is 123 Å². The molecule has 0 aliphatic carbocycles. The van der Waals surface area contributed by atoms with Gasteiger partial charge in [-0.25, -0.2) is 0 Å². The van der Waals surface area contributed by atoms with Gasteiger partial charge in [-0.15, -0.1) is 0 Å². The number of carbonyl (C=O) groups is 1. The first kappa shape index (κ1) is 13.2. The molecule has 1 heterocycles. The molecule has 1 amide bonds. The normalized spacial score (nSPS) is 10.7. The summed E-state index contributed by atoms with van der Waals surface area (Å²) in [7, 11) is 2.04. The summed E-state index contributed by atoms with van der Waals surface area (Å²) in [6.45, 7) is 0.698. The van der Waals surface area contributed by atoms with Gasteiger partial charge in [0.05, 0.1) is 0 Å². The zero-order valence-corrected chi connectivity index (χ0v) is 11.8. The van der Waals surface area contributed by atoms with Crippen LogP contribution in [0.5, 0.6) is 0 Å². The van der Waals surface area contributed by atoms with Crippen LogP contribution >= 0.6 is 0 Å². The number of nitrogens with zero attached hydrogens (tertiary/aromatic N) is 1. The first-order valence-electron chi connectivity index (χ1n) is 6.82. The molecule has 0 atom stereocenters. The molecule has 0 aliphatic heterocycles. The number of nitrogens with two attached hydrogens (primary N) is 1. The molecule has 0 unspecified atom stereocenters. The number of aromatic nitrogens is 1. The monoisotopic (exact) mass is 279 g/mol. The summed E-state index contributed by atoms with van der Waals surface area (Å²) in [5.41, 5.74) is 9.13. The summed E-state index contributed by atoms with van der Waals surface area (Å²) in [6.07, 6.45) is 2.12. The van der Waals surface area contributed by atoms with Crippen LogP contribution in [-0.4, -0.2) is 10.5 Å². The lowest BCUT2D eigenvalue weighted by atomic mass is 10.1. The van der Waals surface area contributed by atoms with Gasteiger partial charge in [0.2, 0.25) is 5.91 Å². The molecule has 0 spiro atoms. The second kappa shape index (κ2) is 5.32. The van der Waals surface area contributed by atoms with E-state index in [2.05, 4.69) is 28.2 Å². The average molecular weight is 279 g/mol. The summed E-state index contributed by atoms with van der Waals surface area (Å²) in [5, 5.41) is 4.58. The van der Waals surface area contributed by atoms with Crippen LogP contribution < -0.4 is 11.1 Å². The van der Waals surface area contributed by atoms with Gasteiger partial charge in [-0.05, 0) is 29.8 Å². The number of fused-ring (bicyclic) bond motifs is 1. The fourth-order valence-electron chi connectivity index (χ4n) is 2.55. The maximum absolute atomic E-state index is 11.2. The van der Waals surface area contributed by atoms with Crippen LogP contribution in [0.3, 0.4) is 0 Å². The molecule has 0 fully saturated rings. The van der Waals surface area contributed by atoms with Gasteiger partial charge in [0.25, 0.3) is 0 Å². The lowest BCUT2D eigenvalue weighted by Gasteiger charge is -2.06. The molecule has 0 saturated heterocycles. The molecule has 106 valence electrons. The molecule has 0 saturated carbocycles. The summed E-state index contributed by atoms with van der Waals surface area (Å²) in [5.74, 6) is -0.413. The Morgan fingerprint density at radius 1 is 1.19 bits per heavy atom. The Bertz CT molecular complexity index is 805. The third-order valence-electron chi connectivity index (χ3n) is 3.61. The van der Waals surface area contributed by atoms with Crippen molar-refractivity contribution >= 4 is 22.5 Å². The SMILES string of the molecule is Cn1cc(CNc2cccc(C(N)=O)c2)c2ccccc21. The first-order chi connectivity index (χ1) is 10.1. The van der Waals surface area contributed by atoms with E-state index in [1.807, 2.05) is 31.3 Å². The summed E-state index contributed by atoms with van der Waals surface area (Å²) in [4.78, 5) is 11.2. The zero-order valence-electron chi connectivity index (χ0n) is 11.8. The standard InChI is InChI=1S/C17H17N3O/c1-20-11-13(15-7-2-3-8-16(15)20)10-19-14-6-4-5-12(9-14)17(18)21/h2-9,11,19H,10H2,1H3,(H2,18,21). The van der Waals surface area contributed by atoms with Gasteiger partial charge in [-0.3, -0.25) is 4.79 Å². The quantitative estimate of drug-likeness (QED) is 0.771. The minimum absolute atomic E-state index is 0.413. The highest BCUT2D eigenvalue weighted by atomic mass is 16.1. The predicted octanol–water partition coefficient (Wildman–Crippen LogP) is 2.89. The van der Waals surface area contributed by atoms with Gasteiger partial charge >= 0.3 is 0 Å². The third-order valence-corrected chi connectivity index (χ3v) is 3.61. The van der Waals surface area contributed by atoms with Gasteiger partial charge < -0.3 is 15.6 Å². The molecular weight excluding hydrogens is 262 g/mol. The molecule has 3 aromatic rings. The number of hydrogen-bond acceptors (Lipinski definition) is 2. The van der Waals surface area contributed by atoms with E-state index < -0.39 is 5.91 Å².